The molecule has 2 heterocycles. The highest BCUT2D eigenvalue weighted by Crippen LogP contribution is 2.17. The first-order valence-electron chi connectivity index (χ1n) is 8.01. The molecule has 122 valence electrons. The maximum atomic E-state index is 12.9. The van der Waals surface area contributed by atoms with E-state index in [4.69, 9.17) is 0 Å². The molecule has 1 aromatic carbocycles. The SMILES string of the molecule is CCCN(C(=O)c1cnn(-c2cccc(Br)c2)c1)C1CCNC1. The minimum Gasteiger partial charge on any atom is -0.334 e. The van der Waals surface area contributed by atoms with Gasteiger partial charge in [0.15, 0.2) is 0 Å². The molecule has 0 spiro atoms. The minimum atomic E-state index is 0.0711. The van der Waals surface area contributed by atoms with Gasteiger partial charge in [0.05, 0.1) is 17.4 Å². The first-order valence-corrected chi connectivity index (χ1v) is 8.80. The fourth-order valence-electron chi connectivity index (χ4n) is 2.96. The van der Waals surface area contributed by atoms with Gasteiger partial charge in [-0.05, 0) is 37.6 Å². The van der Waals surface area contributed by atoms with Gasteiger partial charge in [-0.25, -0.2) is 4.68 Å². The van der Waals surface area contributed by atoms with Crippen molar-refractivity contribution in [2.45, 2.75) is 25.8 Å². The van der Waals surface area contributed by atoms with Crippen molar-refractivity contribution < 1.29 is 4.79 Å². The molecule has 1 aromatic heterocycles. The fraction of sp³-hybridized carbons (Fsp3) is 0.412. The molecule has 6 heteroatoms. The topological polar surface area (TPSA) is 50.2 Å². The highest BCUT2D eigenvalue weighted by molar-refractivity contribution is 9.10. The van der Waals surface area contributed by atoms with Crippen LogP contribution in [-0.4, -0.2) is 46.3 Å². The lowest BCUT2D eigenvalue weighted by Gasteiger charge is -2.27. The van der Waals surface area contributed by atoms with Gasteiger partial charge < -0.3 is 10.2 Å². The van der Waals surface area contributed by atoms with Gasteiger partial charge in [0, 0.05) is 29.8 Å². The second kappa shape index (κ2) is 7.27. The number of carbonyl (C=O) groups excluding carboxylic acids is 1. The monoisotopic (exact) mass is 376 g/mol. The molecule has 1 atom stereocenters. The zero-order valence-electron chi connectivity index (χ0n) is 13.2. The van der Waals surface area contributed by atoms with Crippen molar-refractivity contribution in [1.29, 1.82) is 0 Å². The van der Waals surface area contributed by atoms with Crippen LogP contribution in [-0.2, 0) is 0 Å². The zero-order chi connectivity index (χ0) is 16.2. The van der Waals surface area contributed by atoms with E-state index in [1.165, 1.54) is 0 Å². The Balaban J connectivity index is 1.81. The molecule has 1 amide bonds. The van der Waals surface area contributed by atoms with Gasteiger partial charge in [-0.15, -0.1) is 0 Å². The Labute approximate surface area is 144 Å². The van der Waals surface area contributed by atoms with Gasteiger partial charge >= 0.3 is 0 Å². The number of hydrogen-bond donors (Lipinski definition) is 1. The first kappa shape index (κ1) is 16.2. The summed E-state index contributed by atoms with van der Waals surface area (Å²) in [4.78, 5) is 14.9. The van der Waals surface area contributed by atoms with Crippen LogP contribution in [0.5, 0.6) is 0 Å². The summed E-state index contributed by atoms with van der Waals surface area (Å²) in [6.45, 7) is 4.75. The van der Waals surface area contributed by atoms with E-state index in [-0.39, 0.29) is 11.9 Å². The second-order valence-corrected chi connectivity index (χ2v) is 6.71. The van der Waals surface area contributed by atoms with Crippen LogP contribution >= 0.6 is 15.9 Å². The van der Waals surface area contributed by atoms with E-state index in [1.807, 2.05) is 35.4 Å². The third-order valence-electron chi connectivity index (χ3n) is 4.10. The largest absolute Gasteiger partial charge is 0.334 e. The third kappa shape index (κ3) is 3.64. The van der Waals surface area contributed by atoms with Gasteiger partial charge in [-0.3, -0.25) is 4.79 Å². The van der Waals surface area contributed by atoms with Crippen LogP contribution in [0.3, 0.4) is 0 Å². The van der Waals surface area contributed by atoms with Gasteiger partial charge in [-0.2, -0.15) is 5.10 Å². The molecule has 0 radical (unpaired) electrons. The number of aromatic nitrogens is 2. The molecule has 23 heavy (non-hydrogen) atoms. The Morgan fingerprint density at radius 3 is 3.09 bits per heavy atom. The van der Waals surface area contributed by atoms with Crippen molar-refractivity contribution in [3.8, 4) is 5.69 Å². The molecular weight excluding hydrogens is 356 g/mol. The van der Waals surface area contributed by atoms with Gasteiger partial charge in [0.1, 0.15) is 0 Å². The lowest BCUT2D eigenvalue weighted by Crippen LogP contribution is -2.42. The highest BCUT2D eigenvalue weighted by atomic mass is 79.9. The molecule has 1 unspecified atom stereocenters. The quantitative estimate of drug-likeness (QED) is 0.872. The van der Waals surface area contributed by atoms with Crippen LogP contribution in [0.15, 0.2) is 41.1 Å². The molecule has 1 saturated heterocycles. The predicted molar refractivity (Wildman–Crippen MR) is 93.9 cm³/mol. The standard InChI is InChI=1S/C17H21BrN4O/c1-2-8-21(16-6-7-19-11-16)17(23)13-10-20-22(12-13)15-5-3-4-14(18)9-15/h3-5,9-10,12,16,19H,2,6-8,11H2,1H3. The number of carbonyl (C=O) groups is 1. The number of hydrogen-bond acceptors (Lipinski definition) is 3. The average molecular weight is 377 g/mol. The Kier molecular flexibility index (Phi) is 5.13. The Morgan fingerprint density at radius 2 is 2.39 bits per heavy atom. The summed E-state index contributed by atoms with van der Waals surface area (Å²) < 4.78 is 2.73. The maximum Gasteiger partial charge on any atom is 0.257 e. The zero-order valence-corrected chi connectivity index (χ0v) is 14.8. The smallest absolute Gasteiger partial charge is 0.257 e. The van der Waals surface area contributed by atoms with Crippen molar-refractivity contribution in [1.82, 2.24) is 20.0 Å². The van der Waals surface area contributed by atoms with E-state index in [2.05, 4.69) is 33.3 Å². The molecule has 2 aromatic rings. The van der Waals surface area contributed by atoms with E-state index in [9.17, 15) is 4.79 Å². The summed E-state index contributed by atoms with van der Waals surface area (Å²) >= 11 is 3.46. The third-order valence-corrected chi connectivity index (χ3v) is 4.60. The lowest BCUT2D eigenvalue weighted by atomic mass is 10.1. The van der Waals surface area contributed by atoms with Crippen molar-refractivity contribution in [2.24, 2.45) is 0 Å². The van der Waals surface area contributed by atoms with Gasteiger partial charge in [-0.1, -0.05) is 28.9 Å². The van der Waals surface area contributed by atoms with E-state index in [1.54, 1.807) is 10.9 Å². The Morgan fingerprint density at radius 1 is 1.52 bits per heavy atom. The van der Waals surface area contributed by atoms with Crippen LogP contribution < -0.4 is 5.32 Å². The molecule has 1 N–H and O–H groups in total. The highest BCUT2D eigenvalue weighted by Gasteiger charge is 2.27. The summed E-state index contributed by atoms with van der Waals surface area (Å²) in [7, 11) is 0. The minimum absolute atomic E-state index is 0.0711. The van der Waals surface area contributed by atoms with Gasteiger partial charge in [0.25, 0.3) is 5.91 Å². The summed E-state index contributed by atoms with van der Waals surface area (Å²) in [5.41, 5.74) is 1.58. The van der Waals surface area contributed by atoms with Crippen molar-refractivity contribution >= 4 is 21.8 Å². The maximum absolute atomic E-state index is 12.9. The molecule has 1 aliphatic rings. The number of benzene rings is 1. The number of rotatable bonds is 5. The van der Waals surface area contributed by atoms with Crippen molar-refractivity contribution in [3.05, 3.63) is 46.7 Å². The van der Waals surface area contributed by atoms with E-state index in [0.717, 1.165) is 42.6 Å². The van der Waals surface area contributed by atoms with Crippen LogP contribution in [0.1, 0.15) is 30.1 Å². The number of halogens is 1. The molecule has 1 aliphatic heterocycles. The fourth-order valence-corrected chi connectivity index (χ4v) is 3.34. The number of amides is 1. The molecule has 3 rings (SSSR count). The van der Waals surface area contributed by atoms with Crippen molar-refractivity contribution in [3.63, 3.8) is 0 Å². The van der Waals surface area contributed by atoms with Crippen LogP contribution in [0.25, 0.3) is 5.69 Å². The molecular formula is C17H21BrN4O. The molecule has 0 aliphatic carbocycles. The van der Waals surface area contributed by atoms with E-state index < -0.39 is 0 Å². The Hall–Kier alpha value is -1.66. The number of nitrogens with one attached hydrogen (secondary N) is 1. The molecule has 0 bridgehead atoms. The van der Waals surface area contributed by atoms with Crippen LogP contribution in [0, 0.1) is 0 Å². The van der Waals surface area contributed by atoms with E-state index in [0.29, 0.717) is 5.56 Å². The van der Waals surface area contributed by atoms with Crippen LogP contribution in [0.4, 0.5) is 0 Å². The van der Waals surface area contributed by atoms with Crippen molar-refractivity contribution in [2.75, 3.05) is 19.6 Å². The lowest BCUT2D eigenvalue weighted by molar-refractivity contribution is 0.0692. The van der Waals surface area contributed by atoms with Crippen LogP contribution in [0.2, 0.25) is 0 Å². The number of nitrogens with zero attached hydrogens (tertiary/aromatic N) is 3. The molecule has 1 fully saturated rings. The second-order valence-electron chi connectivity index (χ2n) is 5.80. The normalized spacial score (nSPS) is 17.4. The summed E-state index contributed by atoms with van der Waals surface area (Å²) in [6, 6.07) is 8.16. The van der Waals surface area contributed by atoms with E-state index >= 15 is 0 Å². The molecule has 5 nitrogen and oxygen atoms in total. The van der Waals surface area contributed by atoms with Gasteiger partial charge in [0.2, 0.25) is 0 Å². The predicted octanol–water partition coefficient (Wildman–Crippen LogP) is 2.85. The first-order chi connectivity index (χ1) is 11.2. The molecule has 0 saturated carbocycles. The Bertz CT molecular complexity index is 679. The summed E-state index contributed by atoms with van der Waals surface area (Å²) in [5, 5.41) is 7.69. The summed E-state index contributed by atoms with van der Waals surface area (Å²) in [5.74, 6) is 0.0711. The summed E-state index contributed by atoms with van der Waals surface area (Å²) in [6.07, 6.45) is 5.46. The average Bonchev–Trinajstić information content (AvgIpc) is 3.23.